The molecule has 4 heteroatoms. The van der Waals surface area contributed by atoms with E-state index >= 15 is 0 Å². The summed E-state index contributed by atoms with van der Waals surface area (Å²) in [7, 11) is 0. The smallest absolute Gasteiger partial charge is 0.263 e. The van der Waals surface area contributed by atoms with Crippen LogP contribution in [0.25, 0.3) is 0 Å². The van der Waals surface area contributed by atoms with Gasteiger partial charge in [-0.2, -0.15) is 0 Å². The molecule has 0 unspecified atom stereocenters. The Labute approximate surface area is 115 Å². The Hall–Kier alpha value is -0.350. The van der Waals surface area contributed by atoms with Crippen LogP contribution in [0.5, 0.6) is 0 Å². The van der Waals surface area contributed by atoms with E-state index in [1.807, 2.05) is 17.9 Å². The fourth-order valence-corrected chi connectivity index (χ4v) is 3.77. The number of carbonyl (C=O) groups is 1. The Balaban J connectivity index is 2.01. The molecule has 1 aliphatic rings. The highest BCUT2D eigenvalue weighted by molar-refractivity contribution is 9.11. The van der Waals surface area contributed by atoms with E-state index in [4.69, 9.17) is 0 Å². The molecule has 2 heterocycles. The summed E-state index contributed by atoms with van der Waals surface area (Å²) in [5.74, 6) is 1.02. The van der Waals surface area contributed by atoms with Crippen molar-refractivity contribution in [3.05, 3.63) is 20.3 Å². The topological polar surface area (TPSA) is 20.3 Å². The Morgan fingerprint density at radius 2 is 2.18 bits per heavy atom. The summed E-state index contributed by atoms with van der Waals surface area (Å²) >= 11 is 5.03. The second-order valence-electron chi connectivity index (χ2n) is 4.71. The van der Waals surface area contributed by atoms with E-state index in [1.165, 1.54) is 6.42 Å². The molecule has 1 aromatic heterocycles. The van der Waals surface area contributed by atoms with Crippen molar-refractivity contribution in [2.24, 2.45) is 5.92 Å². The van der Waals surface area contributed by atoms with Crippen LogP contribution >= 0.6 is 27.3 Å². The highest BCUT2D eigenvalue weighted by Gasteiger charge is 2.23. The Morgan fingerprint density at radius 1 is 1.53 bits per heavy atom. The van der Waals surface area contributed by atoms with Crippen molar-refractivity contribution in [1.82, 2.24) is 4.90 Å². The van der Waals surface area contributed by atoms with Gasteiger partial charge in [-0.3, -0.25) is 4.79 Å². The molecule has 0 aliphatic carbocycles. The zero-order chi connectivity index (χ0) is 12.4. The van der Waals surface area contributed by atoms with Crippen LogP contribution < -0.4 is 0 Å². The van der Waals surface area contributed by atoms with Crippen LogP contribution in [0.15, 0.2) is 9.85 Å². The molecule has 0 aromatic carbocycles. The van der Waals surface area contributed by atoms with E-state index in [-0.39, 0.29) is 5.91 Å². The first-order chi connectivity index (χ1) is 8.11. The summed E-state index contributed by atoms with van der Waals surface area (Å²) in [6.45, 7) is 6.11. The molecule has 1 fully saturated rings. The summed E-state index contributed by atoms with van der Waals surface area (Å²) in [6, 6.07) is 1.99. The lowest BCUT2D eigenvalue weighted by Crippen LogP contribution is -2.38. The lowest BCUT2D eigenvalue weighted by atomic mass is 9.94. The van der Waals surface area contributed by atoms with Crippen molar-refractivity contribution in [2.75, 3.05) is 13.1 Å². The van der Waals surface area contributed by atoms with Crippen molar-refractivity contribution in [3.8, 4) is 0 Å². The van der Waals surface area contributed by atoms with Crippen molar-refractivity contribution in [3.63, 3.8) is 0 Å². The fraction of sp³-hybridized carbons (Fsp3) is 0.615. The van der Waals surface area contributed by atoms with Crippen LogP contribution in [0.1, 0.15) is 41.4 Å². The SMILES string of the molecule is CCC1CCN(C(=O)c2cc(C)c(Br)s2)CC1. The predicted molar refractivity (Wildman–Crippen MR) is 75.7 cm³/mol. The number of carbonyl (C=O) groups excluding carboxylic acids is 1. The second kappa shape index (κ2) is 5.53. The minimum atomic E-state index is 0.207. The number of aryl methyl sites for hydroxylation is 1. The molecule has 1 saturated heterocycles. The van der Waals surface area contributed by atoms with Crippen molar-refractivity contribution in [1.29, 1.82) is 0 Å². The van der Waals surface area contributed by atoms with Crippen molar-refractivity contribution in [2.45, 2.75) is 33.1 Å². The Bertz CT molecular complexity index is 388. The van der Waals surface area contributed by atoms with E-state index in [0.717, 1.165) is 46.1 Å². The van der Waals surface area contributed by atoms with Gasteiger partial charge in [0.15, 0.2) is 0 Å². The van der Waals surface area contributed by atoms with Gasteiger partial charge in [0.1, 0.15) is 0 Å². The molecule has 0 bridgehead atoms. The highest BCUT2D eigenvalue weighted by Crippen LogP contribution is 2.29. The van der Waals surface area contributed by atoms with Gasteiger partial charge in [0, 0.05) is 13.1 Å². The molecule has 2 nitrogen and oxygen atoms in total. The number of amides is 1. The molecule has 0 saturated carbocycles. The zero-order valence-electron chi connectivity index (χ0n) is 10.3. The van der Waals surface area contributed by atoms with E-state index in [0.29, 0.717) is 0 Å². The largest absolute Gasteiger partial charge is 0.338 e. The lowest BCUT2D eigenvalue weighted by molar-refractivity contribution is 0.0693. The standard InChI is InChI=1S/C13H18BrNOS/c1-3-10-4-6-15(7-5-10)13(16)11-8-9(2)12(14)17-11/h8,10H,3-7H2,1-2H3. The minimum absolute atomic E-state index is 0.207. The monoisotopic (exact) mass is 315 g/mol. The predicted octanol–water partition coefficient (Wildman–Crippen LogP) is 4.08. The third-order valence-electron chi connectivity index (χ3n) is 3.55. The first kappa shape index (κ1) is 13.1. The van der Waals surface area contributed by atoms with E-state index in [2.05, 4.69) is 22.9 Å². The van der Waals surface area contributed by atoms with Gasteiger partial charge < -0.3 is 4.90 Å². The van der Waals surface area contributed by atoms with Gasteiger partial charge in [-0.05, 0) is 53.2 Å². The van der Waals surface area contributed by atoms with Gasteiger partial charge in [-0.1, -0.05) is 13.3 Å². The summed E-state index contributed by atoms with van der Waals surface area (Å²) in [4.78, 5) is 15.1. The number of rotatable bonds is 2. The van der Waals surface area contributed by atoms with Gasteiger partial charge >= 0.3 is 0 Å². The number of likely N-dealkylation sites (tertiary alicyclic amines) is 1. The number of thiophene rings is 1. The molecule has 94 valence electrons. The quantitative estimate of drug-likeness (QED) is 0.805. The lowest BCUT2D eigenvalue weighted by Gasteiger charge is -2.31. The fourth-order valence-electron chi connectivity index (χ4n) is 2.27. The van der Waals surface area contributed by atoms with Gasteiger partial charge in [-0.15, -0.1) is 11.3 Å². The summed E-state index contributed by atoms with van der Waals surface area (Å²) in [6.07, 6.45) is 3.56. The third-order valence-corrected chi connectivity index (χ3v) is 5.67. The molecule has 1 amide bonds. The number of piperidine rings is 1. The maximum absolute atomic E-state index is 12.3. The summed E-state index contributed by atoms with van der Waals surface area (Å²) in [5.41, 5.74) is 1.15. The molecule has 1 aromatic rings. The Kier molecular flexibility index (Phi) is 4.26. The van der Waals surface area contributed by atoms with Gasteiger partial charge in [-0.25, -0.2) is 0 Å². The zero-order valence-corrected chi connectivity index (χ0v) is 12.7. The van der Waals surface area contributed by atoms with Crippen molar-refractivity contribution < 1.29 is 4.79 Å². The number of hydrogen-bond donors (Lipinski definition) is 0. The summed E-state index contributed by atoms with van der Waals surface area (Å²) in [5, 5.41) is 0. The van der Waals surface area contributed by atoms with E-state index in [9.17, 15) is 4.79 Å². The van der Waals surface area contributed by atoms with Crippen LogP contribution in [0, 0.1) is 12.8 Å². The van der Waals surface area contributed by atoms with Crippen LogP contribution in [-0.2, 0) is 0 Å². The number of halogens is 1. The maximum atomic E-state index is 12.3. The molecule has 17 heavy (non-hydrogen) atoms. The molecule has 0 atom stereocenters. The van der Waals surface area contributed by atoms with Crippen LogP contribution in [-0.4, -0.2) is 23.9 Å². The van der Waals surface area contributed by atoms with Crippen LogP contribution in [0.2, 0.25) is 0 Å². The molecule has 0 radical (unpaired) electrons. The molecule has 0 spiro atoms. The maximum Gasteiger partial charge on any atom is 0.263 e. The van der Waals surface area contributed by atoms with Crippen LogP contribution in [0.4, 0.5) is 0 Å². The second-order valence-corrected chi connectivity index (χ2v) is 7.08. The molecular formula is C13H18BrNOS. The highest BCUT2D eigenvalue weighted by atomic mass is 79.9. The normalized spacial score (nSPS) is 17.5. The van der Waals surface area contributed by atoms with Gasteiger partial charge in [0.25, 0.3) is 5.91 Å². The number of hydrogen-bond acceptors (Lipinski definition) is 2. The van der Waals surface area contributed by atoms with E-state index < -0.39 is 0 Å². The Morgan fingerprint density at radius 3 is 2.65 bits per heavy atom. The molecule has 1 aliphatic heterocycles. The van der Waals surface area contributed by atoms with Crippen LogP contribution in [0.3, 0.4) is 0 Å². The minimum Gasteiger partial charge on any atom is -0.338 e. The summed E-state index contributed by atoms with van der Waals surface area (Å²) < 4.78 is 1.07. The third kappa shape index (κ3) is 2.91. The molecule has 0 N–H and O–H groups in total. The van der Waals surface area contributed by atoms with E-state index in [1.54, 1.807) is 11.3 Å². The average molecular weight is 316 g/mol. The number of nitrogens with zero attached hydrogens (tertiary/aromatic N) is 1. The first-order valence-corrected chi connectivity index (χ1v) is 7.78. The van der Waals surface area contributed by atoms with Gasteiger partial charge in [0.2, 0.25) is 0 Å². The first-order valence-electron chi connectivity index (χ1n) is 6.17. The van der Waals surface area contributed by atoms with Gasteiger partial charge in [0.05, 0.1) is 8.66 Å². The molecule has 2 rings (SSSR count). The average Bonchev–Trinajstić information content (AvgIpc) is 2.69. The van der Waals surface area contributed by atoms with Crippen molar-refractivity contribution >= 4 is 33.2 Å². The molecular weight excluding hydrogens is 298 g/mol.